The van der Waals surface area contributed by atoms with Gasteiger partial charge in [0.2, 0.25) is 5.91 Å². The van der Waals surface area contributed by atoms with Gasteiger partial charge >= 0.3 is 5.97 Å². The topological polar surface area (TPSA) is 55.8 Å². The summed E-state index contributed by atoms with van der Waals surface area (Å²) in [6.45, 7) is 0.527. The van der Waals surface area contributed by atoms with E-state index < -0.39 is 5.97 Å². The van der Waals surface area contributed by atoms with Crippen molar-refractivity contribution in [2.75, 3.05) is 18.1 Å². The van der Waals surface area contributed by atoms with E-state index in [-0.39, 0.29) is 12.5 Å². The first-order valence-corrected chi connectivity index (χ1v) is 8.69. The summed E-state index contributed by atoms with van der Waals surface area (Å²) in [6, 6.07) is 14.4. The van der Waals surface area contributed by atoms with Crippen LogP contribution >= 0.6 is 22.6 Å². The molecule has 0 aliphatic carbocycles. The third kappa shape index (κ3) is 4.25. The molecule has 1 aliphatic heterocycles. The number of ether oxygens (including phenoxy) is 2. The van der Waals surface area contributed by atoms with Gasteiger partial charge in [-0.1, -0.05) is 6.07 Å². The summed E-state index contributed by atoms with van der Waals surface area (Å²) in [5, 5.41) is 0. The molecule has 2 aromatic carbocycles. The van der Waals surface area contributed by atoms with Crippen molar-refractivity contribution in [3.8, 4) is 11.5 Å². The number of hydrogen-bond donors (Lipinski definition) is 0. The van der Waals surface area contributed by atoms with Crippen LogP contribution in [0.2, 0.25) is 0 Å². The number of carbonyl (C=O) groups excluding carboxylic acids is 2. The third-order valence-corrected chi connectivity index (χ3v) is 4.32. The summed E-state index contributed by atoms with van der Waals surface area (Å²) in [7, 11) is 0. The number of halogens is 1. The summed E-state index contributed by atoms with van der Waals surface area (Å²) in [5.74, 6) is 0.631. The Hall–Kier alpha value is -2.09. The number of benzene rings is 2. The Kier molecular flexibility index (Phi) is 5.34. The second-order valence-corrected chi connectivity index (χ2v) is 6.61. The van der Waals surface area contributed by atoms with E-state index in [1.165, 1.54) is 0 Å². The Morgan fingerprint density at radius 3 is 2.62 bits per heavy atom. The molecule has 24 heavy (non-hydrogen) atoms. The molecule has 124 valence electrons. The molecule has 0 aromatic heterocycles. The maximum Gasteiger partial charge on any atom is 0.349 e. The molecule has 1 fully saturated rings. The van der Waals surface area contributed by atoms with Crippen molar-refractivity contribution in [1.29, 1.82) is 0 Å². The third-order valence-electron chi connectivity index (χ3n) is 3.60. The fraction of sp³-hybridized carbons (Fsp3) is 0.222. The Morgan fingerprint density at radius 1 is 1.12 bits per heavy atom. The highest BCUT2D eigenvalue weighted by Crippen LogP contribution is 2.25. The maximum atomic E-state index is 11.9. The van der Waals surface area contributed by atoms with E-state index in [4.69, 9.17) is 9.47 Å². The summed E-state index contributed by atoms with van der Waals surface area (Å²) >= 11 is 2.20. The lowest BCUT2D eigenvalue weighted by Crippen LogP contribution is -2.23. The van der Waals surface area contributed by atoms with Gasteiger partial charge in [0, 0.05) is 28.3 Å². The molecule has 3 rings (SSSR count). The molecule has 0 radical (unpaired) electrons. The smallest absolute Gasteiger partial charge is 0.349 e. The molecule has 0 atom stereocenters. The molecule has 0 spiro atoms. The number of nitrogens with zero attached hydrogens (tertiary/aromatic N) is 1. The van der Waals surface area contributed by atoms with Gasteiger partial charge in [0.25, 0.3) is 0 Å². The molecule has 6 heteroatoms. The molecule has 0 N–H and O–H groups in total. The molecule has 1 aliphatic rings. The van der Waals surface area contributed by atoms with E-state index in [1.54, 1.807) is 35.2 Å². The summed E-state index contributed by atoms with van der Waals surface area (Å²) < 4.78 is 11.8. The fourth-order valence-electron chi connectivity index (χ4n) is 2.47. The first-order chi connectivity index (χ1) is 11.6. The van der Waals surface area contributed by atoms with Crippen molar-refractivity contribution >= 4 is 40.2 Å². The van der Waals surface area contributed by atoms with Crippen LogP contribution in [0.15, 0.2) is 48.5 Å². The standard InChI is InChI=1S/C18H16INO4/c19-13-6-8-15(9-7-13)23-12-18(22)24-16-4-1-3-14(11-16)20-10-2-5-17(20)21/h1,3-4,6-9,11H,2,5,10,12H2. The van der Waals surface area contributed by atoms with E-state index in [9.17, 15) is 9.59 Å². The minimum atomic E-state index is -0.488. The van der Waals surface area contributed by atoms with Crippen molar-refractivity contribution in [1.82, 2.24) is 0 Å². The van der Waals surface area contributed by atoms with Crippen LogP contribution in [0.3, 0.4) is 0 Å². The average Bonchev–Trinajstić information content (AvgIpc) is 3.01. The molecular weight excluding hydrogens is 421 g/mol. The van der Waals surface area contributed by atoms with Crippen molar-refractivity contribution < 1.29 is 19.1 Å². The van der Waals surface area contributed by atoms with Crippen LogP contribution in [0.25, 0.3) is 0 Å². The van der Waals surface area contributed by atoms with Gasteiger partial charge in [-0.2, -0.15) is 0 Å². The molecule has 1 saturated heterocycles. The fourth-order valence-corrected chi connectivity index (χ4v) is 2.83. The van der Waals surface area contributed by atoms with Crippen molar-refractivity contribution in [3.05, 3.63) is 52.1 Å². The Balaban J connectivity index is 1.58. The van der Waals surface area contributed by atoms with Crippen LogP contribution in [-0.2, 0) is 9.59 Å². The second-order valence-electron chi connectivity index (χ2n) is 5.36. The highest BCUT2D eigenvalue weighted by molar-refractivity contribution is 14.1. The molecule has 1 amide bonds. The Bertz CT molecular complexity index is 745. The number of amides is 1. The zero-order chi connectivity index (χ0) is 16.9. The Morgan fingerprint density at radius 2 is 1.92 bits per heavy atom. The minimum Gasteiger partial charge on any atom is -0.482 e. The van der Waals surface area contributed by atoms with Gasteiger partial charge in [-0.25, -0.2) is 4.79 Å². The monoisotopic (exact) mass is 437 g/mol. The van der Waals surface area contributed by atoms with Gasteiger partial charge in [0.1, 0.15) is 11.5 Å². The number of esters is 1. The lowest BCUT2D eigenvalue weighted by molar-refractivity contribution is -0.136. The maximum absolute atomic E-state index is 11.9. The van der Waals surface area contributed by atoms with Crippen LogP contribution in [0.4, 0.5) is 5.69 Å². The number of anilines is 1. The number of carbonyl (C=O) groups is 2. The first kappa shape index (κ1) is 16.8. The molecule has 1 heterocycles. The lowest BCUT2D eigenvalue weighted by atomic mass is 10.3. The van der Waals surface area contributed by atoms with Crippen molar-refractivity contribution in [2.45, 2.75) is 12.8 Å². The van der Waals surface area contributed by atoms with Gasteiger partial charge in [0.15, 0.2) is 6.61 Å². The van der Waals surface area contributed by atoms with Crippen molar-refractivity contribution in [2.24, 2.45) is 0 Å². The zero-order valence-corrected chi connectivity index (χ0v) is 15.1. The largest absolute Gasteiger partial charge is 0.482 e. The lowest BCUT2D eigenvalue weighted by Gasteiger charge is -2.16. The average molecular weight is 437 g/mol. The van der Waals surface area contributed by atoms with Gasteiger partial charge in [0.05, 0.1) is 0 Å². The van der Waals surface area contributed by atoms with Crippen LogP contribution in [0.5, 0.6) is 11.5 Å². The molecule has 5 nitrogen and oxygen atoms in total. The molecule has 0 bridgehead atoms. The normalized spacial score (nSPS) is 13.9. The summed E-state index contributed by atoms with van der Waals surface area (Å²) in [5.41, 5.74) is 0.751. The SMILES string of the molecule is O=C(COc1ccc(I)cc1)Oc1cccc(N2CCCC2=O)c1. The van der Waals surface area contributed by atoms with Crippen LogP contribution in [0.1, 0.15) is 12.8 Å². The predicted octanol–water partition coefficient (Wildman–Crippen LogP) is 3.40. The van der Waals surface area contributed by atoms with E-state index in [1.807, 2.05) is 18.2 Å². The van der Waals surface area contributed by atoms with Gasteiger partial charge in [-0.15, -0.1) is 0 Å². The molecular formula is C18H16INO4. The minimum absolute atomic E-state index is 0.0977. The van der Waals surface area contributed by atoms with E-state index in [2.05, 4.69) is 22.6 Å². The quantitative estimate of drug-likeness (QED) is 0.409. The second kappa shape index (κ2) is 7.65. The molecule has 0 unspecified atom stereocenters. The number of rotatable bonds is 5. The van der Waals surface area contributed by atoms with Gasteiger partial charge in [-0.3, -0.25) is 4.79 Å². The molecule has 2 aromatic rings. The zero-order valence-electron chi connectivity index (χ0n) is 12.9. The van der Waals surface area contributed by atoms with E-state index in [0.29, 0.717) is 24.5 Å². The predicted molar refractivity (Wildman–Crippen MR) is 98.3 cm³/mol. The highest BCUT2D eigenvalue weighted by Gasteiger charge is 2.22. The molecule has 0 saturated carbocycles. The summed E-state index contributed by atoms with van der Waals surface area (Å²) in [4.78, 5) is 25.4. The van der Waals surface area contributed by atoms with Gasteiger partial charge < -0.3 is 14.4 Å². The summed E-state index contributed by atoms with van der Waals surface area (Å²) in [6.07, 6.45) is 1.42. The van der Waals surface area contributed by atoms with Crippen molar-refractivity contribution in [3.63, 3.8) is 0 Å². The van der Waals surface area contributed by atoms with Crippen LogP contribution < -0.4 is 14.4 Å². The highest BCUT2D eigenvalue weighted by atomic mass is 127. The van der Waals surface area contributed by atoms with Crippen LogP contribution in [0, 0.1) is 3.57 Å². The van der Waals surface area contributed by atoms with E-state index >= 15 is 0 Å². The first-order valence-electron chi connectivity index (χ1n) is 7.61. The number of hydrogen-bond acceptors (Lipinski definition) is 4. The van der Waals surface area contributed by atoms with Gasteiger partial charge in [-0.05, 0) is 65.4 Å². The Labute approximate surface area is 153 Å². The van der Waals surface area contributed by atoms with Crippen LogP contribution in [-0.4, -0.2) is 25.0 Å². The van der Waals surface area contributed by atoms with E-state index in [0.717, 1.165) is 15.7 Å².